The molecule has 2 bridgehead atoms. The van der Waals surface area contributed by atoms with E-state index in [0.29, 0.717) is 23.4 Å². The largest absolute Gasteiger partial charge is 0.508 e. The molecule has 0 aliphatic carbocycles. The maximum atomic E-state index is 11.2. The number of anilines is 1. The van der Waals surface area contributed by atoms with E-state index >= 15 is 0 Å². The molecule has 2 aromatic rings. The Morgan fingerprint density at radius 2 is 2.21 bits per heavy atom. The highest BCUT2D eigenvalue weighted by Crippen LogP contribution is 2.53. The normalized spacial score (nSPS) is 29.3. The number of para-hydroxylation sites is 1. The fourth-order valence-electron chi connectivity index (χ4n) is 4.14. The van der Waals surface area contributed by atoms with Crippen LogP contribution in [0, 0.1) is 0 Å². The van der Waals surface area contributed by atoms with Crippen molar-refractivity contribution >= 4 is 23.7 Å². The van der Waals surface area contributed by atoms with Gasteiger partial charge in [-0.25, -0.2) is 14.7 Å². The third kappa shape index (κ3) is 3.00. The molecule has 2 aromatic carbocycles. The predicted octanol–water partition coefficient (Wildman–Crippen LogP) is 1.12. The summed E-state index contributed by atoms with van der Waals surface area (Å²) in [6, 6.07) is 12.5. The Morgan fingerprint density at radius 3 is 2.97 bits per heavy atom. The average molecular weight is 396 g/mol. The quantitative estimate of drug-likeness (QED) is 0.448. The van der Waals surface area contributed by atoms with Crippen molar-refractivity contribution < 1.29 is 24.6 Å². The number of carbonyl (C=O) groups is 1. The lowest BCUT2D eigenvalue weighted by Gasteiger charge is -2.47. The van der Waals surface area contributed by atoms with Crippen LogP contribution in [0.2, 0.25) is 0 Å². The minimum Gasteiger partial charge on any atom is -0.508 e. The Labute approximate surface area is 166 Å². The van der Waals surface area contributed by atoms with Gasteiger partial charge in [-0.05, 0) is 29.8 Å². The molecule has 0 radical (unpaired) electrons. The molecule has 150 valence electrons. The number of aliphatic imine (C=N–C) groups is 1. The van der Waals surface area contributed by atoms with Gasteiger partial charge in [0.15, 0.2) is 0 Å². The maximum absolute atomic E-state index is 11.2. The number of fused-ring (bicyclic) bond motifs is 6. The van der Waals surface area contributed by atoms with Crippen LogP contribution in [-0.2, 0) is 9.57 Å². The van der Waals surface area contributed by atoms with Crippen LogP contribution < -0.4 is 16.1 Å². The number of aliphatic hydroxyl groups is 1. The minimum absolute atomic E-state index is 0.0408. The second-order valence-corrected chi connectivity index (χ2v) is 7.40. The highest BCUT2D eigenvalue weighted by atomic mass is 16.8. The van der Waals surface area contributed by atoms with E-state index in [4.69, 9.17) is 15.3 Å². The van der Waals surface area contributed by atoms with E-state index in [9.17, 15) is 15.0 Å². The van der Waals surface area contributed by atoms with Crippen molar-refractivity contribution in [3.05, 3.63) is 53.6 Å². The van der Waals surface area contributed by atoms with Crippen LogP contribution in [0.25, 0.3) is 0 Å². The van der Waals surface area contributed by atoms with Crippen molar-refractivity contribution in [1.29, 1.82) is 0 Å². The van der Waals surface area contributed by atoms with Gasteiger partial charge < -0.3 is 26.0 Å². The number of hydrogen-bond acceptors (Lipinski definition) is 8. The number of aromatic hydroxyl groups is 1. The van der Waals surface area contributed by atoms with Crippen LogP contribution in [0.1, 0.15) is 17.0 Å². The summed E-state index contributed by atoms with van der Waals surface area (Å²) in [6.45, 7) is 0.296. The molecule has 9 heteroatoms. The number of primary amides is 1. The molecular weight excluding hydrogens is 376 g/mol. The minimum atomic E-state index is -1.65. The molecule has 0 saturated carbocycles. The number of hydroxylamine groups is 1. The van der Waals surface area contributed by atoms with E-state index in [2.05, 4.69) is 10.3 Å². The van der Waals surface area contributed by atoms with Crippen LogP contribution in [0.4, 0.5) is 16.2 Å². The van der Waals surface area contributed by atoms with Crippen molar-refractivity contribution in [3.8, 4) is 5.75 Å². The van der Waals surface area contributed by atoms with Crippen molar-refractivity contribution in [3.63, 3.8) is 0 Å². The fraction of sp³-hybridized carbons (Fsp3) is 0.300. The number of nitrogens with one attached hydrogen (secondary N) is 1. The Hall–Kier alpha value is -3.14. The molecule has 5 N–H and O–H groups in total. The number of phenolic OH excluding ortho intramolecular Hbond substituents is 1. The predicted molar refractivity (Wildman–Crippen MR) is 104 cm³/mol. The number of nitrogens with two attached hydrogens (primary N) is 1. The van der Waals surface area contributed by atoms with Crippen LogP contribution in [0.5, 0.6) is 5.75 Å². The van der Waals surface area contributed by atoms with Crippen LogP contribution in [-0.4, -0.2) is 53.5 Å². The molecule has 3 aliphatic heterocycles. The number of phenols is 1. The summed E-state index contributed by atoms with van der Waals surface area (Å²) in [4.78, 5) is 21.4. The van der Waals surface area contributed by atoms with Crippen molar-refractivity contribution in [1.82, 2.24) is 5.32 Å². The van der Waals surface area contributed by atoms with E-state index < -0.39 is 17.8 Å². The second kappa shape index (κ2) is 6.45. The van der Waals surface area contributed by atoms with E-state index in [0.717, 1.165) is 5.69 Å². The molecule has 2 fully saturated rings. The van der Waals surface area contributed by atoms with E-state index in [-0.39, 0.29) is 24.4 Å². The highest BCUT2D eigenvalue weighted by Gasteiger charge is 2.65. The molecule has 3 heterocycles. The molecule has 9 nitrogen and oxygen atoms in total. The first kappa shape index (κ1) is 17.9. The van der Waals surface area contributed by atoms with Crippen molar-refractivity contribution in [2.75, 3.05) is 18.2 Å². The molecule has 2 saturated heterocycles. The van der Waals surface area contributed by atoms with Gasteiger partial charge >= 0.3 is 6.09 Å². The standard InChI is InChI=1S/C20H20N4O5/c21-19(26)28-10-13-17-15(24-9-14-18(23-14)20(13,27)29-24)6-11(7-16(17)25)8-22-12-4-2-1-3-5-12/h1-8,13-14,18,23,25,27H,9-10H2,(H2,21,26). The Kier molecular flexibility index (Phi) is 3.98. The van der Waals surface area contributed by atoms with Gasteiger partial charge in [0.2, 0.25) is 5.79 Å². The van der Waals surface area contributed by atoms with Gasteiger partial charge in [0.05, 0.1) is 29.9 Å². The Bertz CT molecular complexity index is 998. The first-order chi connectivity index (χ1) is 14.0. The smallest absolute Gasteiger partial charge is 0.404 e. The molecular formula is C20H20N4O5. The summed E-state index contributed by atoms with van der Waals surface area (Å²) in [6.07, 6.45) is 0.687. The SMILES string of the molecule is NC(=O)OCC1c2c(O)cc(C=Nc3ccccc3)cc2N2CC3NC3C1(O)O2. The van der Waals surface area contributed by atoms with Gasteiger partial charge in [-0.15, -0.1) is 0 Å². The number of rotatable bonds is 4. The van der Waals surface area contributed by atoms with Gasteiger partial charge in [0.25, 0.3) is 0 Å². The number of hydrogen-bond donors (Lipinski definition) is 4. The number of benzene rings is 2. The number of nitrogens with zero attached hydrogens (tertiary/aromatic N) is 2. The summed E-state index contributed by atoms with van der Waals surface area (Å²) < 4.78 is 4.97. The summed E-state index contributed by atoms with van der Waals surface area (Å²) >= 11 is 0. The lowest BCUT2D eigenvalue weighted by atomic mass is 9.82. The fourth-order valence-corrected chi connectivity index (χ4v) is 4.14. The lowest BCUT2D eigenvalue weighted by molar-refractivity contribution is -0.247. The van der Waals surface area contributed by atoms with Gasteiger partial charge in [-0.3, -0.25) is 4.99 Å². The Morgan fingerprint density at radius 1 is 1.41 bits per heavy atom. The summed E-state index contributed by atoms with van der Waals surface area (Å²) in [5.74, 6) is -2.49. The molecule has 4 unspecified atom stereocenters. The zero-order valence-corrected chi connectivity index (χ0v) is 15.4. The van der Waals surface area contributed by atoms with Gasteiger partial charge in [-0.2, -0.15) is 0 Å². The number of amides is 1. The molecule has 0 spiro atoms. The van der Waals surface area contributed by atoms with E-state index in [1.165, 1.54) is 0 Å². The van der Waals surface area contributed by atoms with Crippen molar-refractivity contribution in [2.45, 2.75) is 23.8 Å². The molecule has 29 heavy (non-hydrogen) atoms. The molecule has 5 rings (SSSR count). The number of carbonyl (C=O) groups excluding carboxylic acids is 1. The van der Waals surface area contributed by atoms with Gasteiger partial charge in [0.1, 0.15) is 12.4 Å². The first-order valence-corrected chi connectivity index (χ1v) is 9.29. The van der Waals surface area contributed by atoms with Gasteiger partial charge in [-0.1, -0.05) is 18.2 Å². The lowest BCUT2D eigenvalue weighted by Crippen LogP contribution is -2.59. The average Bonchev–Trinajstić information content (AvgIpc) is 3.48. The second-order valence-electron chi connectivity index (χ2n) is 7.40. The molecule has 0 aromatic heterocycles. The topological polar surface area (TPSA) is 140 Å². The monoisotopic (exact) mass is 396 g/mol. The van der Waals surface area contributed by atoms with E-state index in [1.54, 1.807) is 17.3 Å². The van der Waals surface area contributed by atoms with Crippen LogP contribution in [0.3, 0.4) is 0 Å². The number of ether oxygens (including phenoxy) is 1. The Balaban J connectivity index is 1.55. The molecule has 4 atom stereocenters. The molecule has 3 aliphatic rings. The van der Waals surface area contributed by atoms with Crippen LogP contribution in [0.15, 0.2) is 47.5 Å². The zero-order chi connectivity index (χ0) is 20.2. The summed E-state index contributed by atoms with van der Waals surface area (Å²) in [5.41, 5.74) is 7.60. The van der Waals surface area contributed by atoms with Crippen molar-refractivity contribution in [2.24, 2.45) is 10.7 Å². The third-order valence-corrected chi connectivity index (χ3v) is 5.54. The summed E-state index contributed by atoms with van der Waals surface area (Å²) in [7, 11) is 0. The molecule has 1 amide bonds. The summed E-state index contributed by atoms with van der Waals surface area (Å²) in [5, 5.41) is 26.7. The maximum Gasteiger partial charge on any atom is 0.404 e. The zero-order valence-electron chi connectivity index (χ0n) is 15.4. The van der Waals surface area contributed by atoms with Gasteiger partial charge in [0, 0.05) is 17.8 Å². The van der Waals surface area contributed by atoms with E-state index in [1.807, 2.05) is 36.4 Å². The van der Waals surface area contributed by atoms with Crippen LogP contribution >= 0.6 is 0 Å². The third-order valence-electron chi connectivity index (χ3n) is 5.54. The first-order valence-electron chi connectivity index (χ1n) is 9.29. The highest BCUT2D eigenvalue weighted by molar-refractivity contribution is 5.85.